The number of benzene rings is 4. The number of hydrazone groups is 1. The summed E-state index contributed by atoms with van der Waals surface area (Å²) in [4.78, 5) is 67.3. The number of aldehydes is 1. The zero-order chi connectivity index (χ0) is 49.9. The molecule has 3 N–H and O–H groups in total. The lowest BCUT2D eigenvalue weighted by molar-refractivity contribution is -0.128. The first-order valence-electron chi connectivity index (χ1n) is 24.7. The van der Waals surface area contributed by atoms with Gasteiger partial charge < -0.3 is 25.9 Å². The van der Waals surface area contributed by atoms with Crippen LogP contribution in [0.15, 0.2) is 110 Å². The Morgan fingerprint density at radius 1 is 0.771 bits per heavy atom. The standard InChI is InChI=1S/C56H66N10O4/c1-8-21-64(22-9-2)54(68)45-27-42-16-13-40(29-50(42)61-52(57)31-45)39-19-20-49-48(26-39)34-59-66(56(49)70)35-37(6)60-53-32-46(55(69)65(23-10-3)24-11-4)28-43-17-14-41(30-51(43)62-53)38-15-18-44(36-67)47(25-38)33-58-63(7)12-5/h13-20,25-30,33-34,36-37H,8-12,21-24,31-32,35H2,1-7H3,(H2,57,61)(H,60,62)/b58-33-. The zero-order valence-electron chi connectivity index (χ0n) is 41.7. The van der Waals surface area contributed by atoms with Gasteiger partial charge in [0.05, 0.1) is 36.1 Å². The van der Waals surface area contributed by atoms with Gasteiger partial charge in [-0.1, -0.05) is 70.2 Å². The van der Waals surface area contributed by atoms with Crippen molar-refractivity contribution in [3.8, 4) is 22.3 Å². The molecule has 5 aromatic rings. The van der Waals surface area contributed by atoms with E-state index in [4.69, 9.17) is 15.7 Å². The Kier molecular flexibility index (Phi) is 16.7. The van der Waals surface area contributed by atoms with Crippen LogP contribution in [0.3, 0.4) is 0 Å². The van der Waals surface area contributed by atoms with E-state index < -0.39 is 6.04 Å². The van der Waals surface area contributed by atoms with Crippen molar-refractivity contribution < 1.29 is 14.4 Å². The first kappa shape index (κ1) is 50.4. The summed E-state index contributed by atoms with van der Waals surface area (Å²) >= 11 is 0. The number of hydrogen-bond acceptors (Lipinski definition) is 10. The third-order valence-electron chi connectivity index (χ3n) is 12.5. The summed E-state index contributed by atoms with van der Waals surface area (Å²) in [6.45, 7) is 15.8. The molecule has 70 heavy (non-hydrogen) atoms. The molecule has 0 saturated carbocycles. The molecule has 7 rings (SSSR count). The first-order chi connectivity index (χ1) is 33.9. The summed E-state index contributed by atoms with van der Waals surface area (Å²) in [5.74, 6) is 0.945. The van der Waals surface area contributed by atoms with Gasteiger partial charge in [0.25, 0.3) is 5.56 Å². The fourth-order valence-corrected chi connectivity index (χ4v) is 8.90. The van der Waals surface area contributed by atoms with E-state index in [0.717, 1.165) is 77.6 Å². The maximum Gasteiger partial charge on any atom is 0.274 e. The maximum atomic E-state index is 14.2. The van der Waals surface area contributed by atoms with Crippen molar-refractivity contribution >= 4 is 70.3 Å². The van der Waals surface area contributed by atoms with Crippen molar-refractivity contribution in [3.63, 3.8) is 0 Å². The number of rotatable bonds is 19. The van der Waals surface area contributed by atoms with Crippen LogP contribution in [0.1, 0.15) is 107 Å². The Hall–Kier alpha value is -7.48. The third kappa shape index (κ3) is 11.8. The molecule has 3 heterocycles. The fourth-order valence-electron chi connectivity index (χ4n) is 8.90. The molecule has 1 aromatic heterocycles. The van der Waals surface area contributed by atoms with E-state index in [1.165, 1.54) is 4.68 Å². The van der Waals surface area contributed by atoms with Gasteiger partial charge in [0.15, 0.2) is 6.29 Å². The molecule has 0 fully saturated rings. The van der Waals surface area contributed by atoms with Crippen LogP contribution in [0.25, 0.3) is 45.2 Å². The molecule has 0 saturated heterocycles. The van der Waals surface area contributed by atoms with E-state index in [0.29, 0.717) is 76.6 Å². The number of hydrogen-bond donors (Lipinski definition) is 2. The van der Waals surface area contributed by atoms with E-state index in [2.05, 4.69) is 43.2 Å². The minimum atomic E-state index is -0.398. The molecule has 4 aromatic carbocycles. The predicted molar refractivity (Wildman–Crippen MR) is 286 cm³/mol. The minimum absolute atomic E-state index is 0.00820. The summed E-state index contributed by atoms with van der Waals surface area (Å²) in [5, 5.41) is 15.7. The highest BCUT2D eigenvalue weighted by atomic mass is 16.2. The minimum Gasteiger partial charge on any atom is -0.387 e. The van der Waals surface area contributed by atoms with E-state index >= 15 is 0 Å². The number of nitrogens with zero attached hydrogens (tertiary/aromatic N) is 8. The van der Waals surface area contributed by atoms with Crippen molar-refractivity contribution in [2.24, 2.45) is 20.8 Å². The van der Waals surface area contributed by atoms with Gasteiger partial charge in [-0.25, -0.2) is 9.67 Å². The molecule has 0 bridgehead atoms. The van der Waals surface area contributed by atoms with Gasteiger partial charge in [-0.3, -0.25) is 24.2 Å². The number of aromatic nitrogens is 2. The molecule has 1 atom stereocenters. The molecule has 2 aliphatic heterocycles. The Bertz CT molecular complexity index is 2970. The zero-order valence-corrected chi connectivity index (χ0v) is 41.7. The lowest BCUT2D eigenvalue weighted by Crippen LogP contribution is -2.34. The molecule has 0 radical (unpaired) electrons. The van der Waals surface area contributed by atoms with Crippen LogP contribution in [0.2, 0.25) is 0 Å². The highest BCUT2D eigenvalue weighted by Crippen LogP contribution is 2.34. The topological polar surface area (TPSA) is 171 Å². The molecule has 2 aliphatic rings. The van der Waals surface area contributed by atoms with Crippen LogP contribution in [-0.2, 0) is 16.1 Å². The van der Waals surface area contributed by atoms with Gasteiger partial charge in [-0.15, -0.1) is 0 Å². The van der Waals surface area contributed by atoms with Crippen molar-refractivity contribution in [2.45, 2.75) is 92.7 Å². The van der Waals surface area contributed by atoms with Crippen LogP contribution in [0, 0.1) is 0 Å². The quantitative estimate of drug-likeness (QED) is 0.0468. The second kappa shape index (κ2) is 23.2. The van der Waals surface area contributed by atoms with E-state index in [1.54, 1.807) is 23.5 Å². The maximum absolute atomic E-state index is 14.2. The van der Waals surface area contributed by atoms with E-state index in [9.17, 15) is 19.2 Å². The lowest BCUT2D eigenvalue weighted by atomic mass is 9.98. The molecule has 364 valence electrons. The summed E-state index contributed by atoms with van der Waals surface area (Å²) in [6, 6.07) is 22.9. The Labute approximate surface area is 411 Å². The number of amides is 2. The number of amidine groups is 2. The number of nitrogens with two attached hydrogens (primary N) is 1. The molecule has 0 aliphatic carbocycles. The van der Waals surface area contributed by atoms with Crippen LogP contribution < -0.4 is 16.6 Å². The second-order valence-corrected chi connectivity index (χ2v) is 18.1. The normalized spacial score (nSPS) is 14.4. The van der Waals surface area contributed by atoms with Crippen LogP contribution in [0.5, 0.6) is 0 Å². The molecular formula is C56H66N10O4. The van der Waals surface area contributed by atoms with Gasteiger partial charge in [0, 0.05) is 91.5 Å². The Morgan fingerprint density at radius 3 is 2.01 bits per heavy atom. The highest BCUT2D eigenvalue weighted by Gasteiger charge is 2.25. The summed E-state index contributed by atoms with van der Waals surface area (Å²) in [6.07, 6.45) is 12.1. The van der Waals surface area contributed by atoms with Crippen molar-refractivity contribution in [1.29, 1.82) is 0 Å². The first-order valence-corrected chi connectivity index (χ1v) is 24.7. The molecule has 0 spiro atoms. The Balaban J connectivity index is 1.16. The average molecular weight is 943 g/mol. The number of carbonyl (C=O) groups excluding carboxylic acids is 3. The molecular weight excluding hydrogens is 877 g/mol. The molecule has 14 heteroatoms. The summed E-state index contributed by atoms with van der Waals surface area (Å²) in [7, 11) is 1.88. The number of anilines is 1. The third-order valence-corrected chi connectivity index (χ3v) is 12.5. The fraction of sp³-hybridized carbons (Fsp3) is 0.357. The lowest BCUT2D eigenvalue weighted by Gasteiger charge is -2.23. The average Bonchev–Trinajstić information content (AvgIpc) is 3.65. The van der Waals surface area contributed by atoms with Crippen LogP contribution in [0.4, 0.5) is 11.4 Å². The predicted octanol–water partition coefficient (Wildman–Crippen LogP) is 9.59. The number of aliphatic imine (C=N–C) groups is 2. The van der Waals surface area contributed by atoms with Crippen molar-refractivity contribution in [3.05, 3.63) is 123 Å². The van der Waals surface area contributed by atoms with E-state index in [1.807, 2.05) is 110 Å². The SMILES string of the molecule is CCCN(CCC)C(=O)C1=Cc2ccc(-c3ccc4c(=O)n(CC(C)N=C5CC(C(=O)N(CCC)CCC)=Cc6ccc(-c7ccc(C=O)c(/C=N\N(C)CC)c7)cc6N5)ncc4c3)cc2N=C(N)C1. The number of carbonyl (C=O) groups is 3. The molecule has 1 unspecified atom stereocenters. The Morgan fingerprint density at radius 2 is 1.36 bits per heavy atom. The van der Waals surface area contributed by atoms with Gasteiger partial charge in [-0.05, 0) is 110 Å². The second-order valence-electron chi connectivity index (χ2n) is 18.1. The highest BCUT2D eigenvalue weighted by molar-refractivity contribution is 6.10. The van der Waals surface area contributed by atoms with Crippen molar-refractivity contribution in [1.82, 2.24) is 24.6 Å². The number of fused-ring (bicyclic) bond motifs is 3. The summed E-state index contributed by atoms with van der Waals surface area (Å²) < 4.78 is 1.45. The molecule has 14 nitrogen and oxygen atoms in total. The smallest absolute Gasteiger partial charge is 0.274 e. The van der Waals surface area contributed by atoms with Crippen LogP contribution in [-0.4, -0.2) is 106 Å². The van der Waals surface area contributed by atoms with Crippen molar-refractivity contribution in [2.75, 3.05) is 45.1 Å². The van der Waals surface area contributed by atoms with Gasteiger partial charge >= 0.3 is 0 Å². The summed E-state index contributed by atoms with van der Waals surface area (Å²) in [5.41, 5.74) is 15.4. The van der Waals surface area contributed by atoms with Gasteiger partial charge in [0.2, 0.25) is 11.8 Å². The largest absolute Gasteiger partial charge is 0.387 e. The van der Waals surface area contributed by atoms with Gasteiger partial charge in [-0.2, -0.15) is 10.2 Å². The molecule has 2 amide bonds. The van der Waals surface area contributed by atoms with Gasteiger partial charge in [0.1, 0.15) is 11.7 Å². The monoisotopic (exact) mass is 943 g/mol. The van der Waals surface area contributed by atoms with Crippen LogP contribution >= 0.6 is 0 Å². The number of nitrogens with one attached hydrogen (secondary N) is 1. The van der Waals surface area contributed by atoms with E-state index in [-0.39, 0.29) is 36.8 Å².